The van der Waals surface area contributed by atoms with Gasteiger partial charge in [-0.05, 0) is 77.0 Å². The number of ether oxygens (including phenoxy) is 1. The third kappa shape index (κ3) is 37.0. The van der Waals surface area contributed by atoms with Crippen molar-refractivity contribution in [2.24, 2.45) is 0 Å². The zero-order valence-corrected chi connectivity index (χ0v) is 33.2. The van der Waals surface area contributed by atoms with Crippen LogP contribution in [0.15, 0.2) is 48.6 Å². The number of amides is 1. The number of nitrogens with zero attached hydrogens (tertiary/aromatic N) is 2. The normalized spacial score (nSPS) is 12.3. The molecule has 0 aliphatic carbocycles. The van der Waals surface area contributed by atoms with Gasteiger partial charge in [0.2, 0.25) is 5.91 Å². The lowest BCUT2D eigenvalue weighted by molar-refractivity contribution is -0.870. The maximum absolute atomic E-state index is 13.1. The van der Waals surface area contributed by atoms with Crippen molar-refractivity contribution in [3.05, 3.63) is 48.6 Å². The maximum atomic E-state index is 13.1. The molecule has 0 atom stereocenters. The molecule has 5 nitrogen and oxygen atoms in total. The molecule has 0 aliphatic heterocycles. The molecule has 0 radical (unpaired) electrons. The van der Waals surface area contributed by atoms with Gasteiger partial charge in [-0.2, -0.15) is 0 Å². The Morgan fingerprint density at radius 3 is 1.41 bits per heavy atom. The van der Waals surface area contributed by atoms with Crippen LogP contribution in [-0.4, -0.2) is 68.6 Å². The van der Waals surface area contributed by atoms with Crippen LogP contribution in [0.3, 0.4) is 0 Å². The van der Waals surface area contributed by atoms with Crippen molar-refractivity contribution in [2.45, 2.75) is 174 Å². The Morgan fingerprint density at radius 1 is 0.510 bits per heavy atom. The summed E-state index contributed by atoms with van der Waals surface area (Å²) in [5.41, 5.74) is 0. The van der Waals surface area contributed by atoms with Crippen LogP contribution in [0.5, 0.6) is 0 Å². The van der Waals surface area contributed by atoms with Crippen LogP contribution >= 0.6 is 0 Å². The molecule has 0 fully saturated rings. The van der Waals surface area contributed by atoms with Crippen LogP contribution < -0.4 is 0 Å². The molecule has 0 saturated heterocycles. The molecule has 1 amide bonds. The average Bonchev–Trinajstić information content (AvgIpc) is 3.07. The summed E-state index contributed by atoms with van der Waals surface area (Å²) in [4.78, 5) is 27.4. The second kappa shape index (κ2) is 35.7. The zero-order chi connectivity index (χ0) is 36.1. The first-order valence-corrected chi connectivity index (χ1v) is 20.6. The maximum Gasteiger partial charge on any atom is 0.305 e. The predicted molar refractivity (Wildman–Crippen MR) is 214 cm³/mol. The number of esters is 1. The third-order valence-electron chi connectivity index (χ3n) is 8.91. The van der Waals surface area contributed by atoms with Crippen molar-refractivity contribution in [3.63, 3.8) is 0 Å². The van der Waals surface area contributed by atoms with E-state index in [1.165, 1.54) is 89.9 Å². The van der Waals surface area contributed by atoms with E-state index in [2.05, 4.69) is 83.6 Å². The number of hydrogen-bond donors (Lipinski definition) is 0. The van der Waals surface area contributed by atoms with Crippen LogP contribution in [0.1, 0.15) is 174 Å². The van der Waals surface area contributed by atoms with E-state index in [9.17, 15) is 9.59 Å². The minimum absolute atomic E-state index is 0.127. The highest BCUT2D eigenvalue weighted by molar-refractivity contribution is 5.76. The molecule has 0 aromatic rings. The van der Waals surface area contributed by atoms with Crippen molar-refractivity contribution in [2.75, 3.05) is 47.4 Å². The smallest absolute Gasteiger partial charge is 0.305 e. The molecule has 0 spiro atoms. The topological polar surface area (TPSA) is 46.6 Å². The molecule has 0 aromatic heterocycles. The fourth-order valence-corrected chi connectivity index (χ4v) is 5.77. The average molecular weight is 686 g/mol. The number of unbranched alkanes of at least 4 members (excludes halogenated alkanes) is 16. The fourth-order valence-electron chi connectivity index (χ4n) is 5.77. The van der Waals surface area contributed by atoms with Crippen molar-refractivity contribution in [1.82, 2.24) is 4.90 Å². The predicted octanol–water partition coefficient (Wildman–Crippen LogP) is 12.1. The SMILES string of the molecule is CCCCC/C=C\C/C=C\CCCCCCCC(=O)OCCN(CCC[N+](C)(C)C)C(=O)CCCCCCC/C=C\C/C=C\CCCCC. The Kier molecular flexibility index (Phi) is 34.1. The highest BCUT2D eigenvalue weighted by atomic mass is 16.5. The Balaban J connectivity index is 4.08. The first-order chi connectivity index (χ1) is 23.8. The molecule has 0 unspecified atom stereocenters. The standard InChI is InChI=1S/C44H81N2O3/c1-6-8-10-12-14-16-18-20-22-24-26-28-30-32-34-37-43(47)45(39-36-41-46(3,4)5)40-42-49-44(48)38-35-33-31-29-27-25-23-21-19-17-15-13-11-9-7-2/h14-17,20-23H,6-13,18-19,24-42H2,1-5H3/q+1/b16-14-,17-15-,22-20-,23-21-. The molecule has 0 aromatic carbocycles. The molecule has 0 bridgehead atoms. The van der Waals surface area contributed by atoms with Gasteiger partial charge in [-0.25, -0.2) is 0 Å². The van der Waals surface area contributed by atoms with Gasteiger partial charge in [0.25, 0.3) is 0 Å². The zero-order valence-electron chi connectivity index (χ0n) is 33.2. The Bertz CT molecular complexity index is 868. The van der Waals surface area contributed by atoms with E-state index in [1.807, 2.05) is 4.90 Å². The molecule has 0 saturated carbocycles. The molecule has 0 heterocycles. The minimum atomic E-state index is -0.127. The van der Waals surface area contributed by atoms with Gasteiger partial charge in [0.1, 0.15) is 6.61 Å². The highest BCUT2D eigenvalue weighted by Crippen LogP contribution is 2.12. The van der Waals surface area contributed by atoms with E-state index >= 15 is 0 Å². The van der Waals surface area contributed by atoms with Crippen molar-refractivity contribution >= 4 is 11.9 Å². The third-order valence-corrected chi connectivity index (χ3v) is 8.91. The number of quaternary nitrogens is 1. The van der Waals surface area contributed by atoms with Crippen LogP contribution in [0.2, 0.25) is 0 Å². The lowest BCUT2D eigenvalue weighted by Crippen LogP contribution is -2.40. The van der Waals surface area contributed by atoms with E-state index in [1.54, 1.807) is 0 Å². The molecular formula is C44H81N2O3+. The van der Waals surface area contributed by atoms with E-state index < -0.39 is 0 Å². The quantitative estimate of drug-likeness (QED) is 0.0289. The lowest BCUT2D eigenvalue weighted by Gasteiger charge is -2.27. The number of carbonyl (C=O) groups excluding carboxylic acids is 2. The summed E-state index contributed by atoms with van der Waals surface area (Å²) in [6.45, 7) is 7.05. The second-order valence-corrected chi connectivity index (χ2v) is 14.9. The van der Waals surface area contributed by atoms with Gasteiger partial charge < -0.3 is 14.1 Å². The summed E-state index contributed by atoms with van der Waals surface area (Å²) in [5, 5.41) is 0. The molecule has 0 rings (SSSR count). The monoisotopic (exact) mass is 686 g/mol. The first-order valence-electron chi connectivity index (χ1n) is 20.6. The van der Waals surface area contributed by atoms with E-state index in [0.717, 1.165) is 75.4 Å². The van der Waals surface area contributed by atoms with Gasteiger partial charge >= 0.3 is 5.97 Å². The van der Waals surface area contributed by atoms with Crippen molar-refractivity contribution in [1.29, 1.82) is 0 Å². The summed E-state index contributed by atoms with van der Waals surface area (Å²) in [5.74, 6) is 0.0787. The van der Waals surface area contributed by atoms with Crippen LogP contribution in [0, 0.1) is 0 Å². The molecular weight excluding hydrogens is 604 g/mol. The van der Waals surface area contributed by atoms with Gasteiger partial charge in [-0.15, -0.1) is 0 Å². The summed E-state index contributed by atoms with van der Waals surface area (Å²) in [6.07, 6.45) is 46.3. The molecule has 0 aliphatic rings. The number of carbonyl (C=O) groups is 2. The minimum Gasteiger partial charge on any atom is -0.464 e. The van der Waals surface area contributed by atoms with Crippen molar-refractivity contribution < 1.29 is 18.8 Å². The summed E-state index contributed by atoms with van der Waals surface area (Å²) in [7, 11) is 6.55. The van der Waals surface area contributed by atoms with E-state index in [-0.39, 0.29) is 11.9 Å². The number of hydrogen-bond acceptors (Lipinski definition) is 3. The summed E-state index contributed by atoms with van der Waals surface area (Å²) in [6, 6.07) is 0. The lowest BCUT2D eigenvalue weighted by atomic mass is 10.1. The highest BCUT2D eigenvalue weighted by Gasteiger charge is 2.16. The Labute approximate surface area is 305 Å². The van der Waals surface area contributed by atoms with Gasteiger partial charge in [0.15, 0.2) is 0 Å². The largest absolute Gasteiger partial charge is 0.464 e. The second-order valence-electron chi connectivity index (χ2n) is 14.9. The van der Waals surface area contributed by atoms with Gasteiger partial charge in [0, 0.05) is 25.8 Å². The number of allylic oxidation sites excluding steroid dienone is 8. The first kappa shape index (κ1) is 46.9. The fraction of sp³-hybridized carbons (Fsp3) is 0.773. The van der Waals surface area contributed by atoms with Crippen LogP contribution in [0.25, 0.3) is 0 Å². The van der Waals surface area contributed by atoms with Gasteiger partial charge in [-0.1, -0.05) is 127 Å². The summed E-state index contributed by atoms with van der Waals surface area (Å²) < 4.78 is 6.44. The molecule has 284 valence electrons. The van der Waals surface area contributed by atoms with Gasteiger partial charge in [-0.3, -0.25) is 9.59 Å². The van der Waals surface area contributed by atoms with Crippen LogP contribution in [0.4, 0.5) is 0 Å². The Morgan fingerprint density at radius 2 is 0.939 bits per heavy atom. The van der Waals surface area contributed by atoms with E-state index in [0.29, 0.717) is 26.0 Å². The number of rotatable bonds is 35. The molecule has 5 heteroatoms. The molecule has 0 N–H and O–H groups in total. The van der Waals surface area contributed by atoms with E-state index in [4.69, 9.17) is 4.74 Å². The Hall–Kier alpha value is -2.14. The van der Waals surface area contributed by atoms with Crippen molar-refractivity contribution in [3.8, 4) is 0 Å². The van der Waals surface area contributed by atoms with Crippen LogP contribution in [-0.2, 0) is 14.3 Å². The summed E-state index contributed by atoms with van der Waals surface area (Å²) >= 11 is 0. The molecule has 49 heavy (non-hydrogen) atoms. The van der Waals surface area contributed by atoms with Gasteiger partial charge in [0.05, 0.1) is 34.2 Å².